The minimum Gasteiger partial charge on any atom is -0.411 e. The maximum atomic E-state index is 8.50. The monoisotopic (exact) mass is 145 g/mol. The highest BCUT2D eigenvalue weighted by Crippen LogP contribution is 2.15. The second kappa shape index (κ2) is 3.56. The molecular formula is C7H15NO2. The molecule has 0 atom stereocenters. The lowest BCUT2D eigenvalue weighted by atomic mass is 9.90. The average Bonchev–Trinajstić information content (AvgIpc) is 1.80. The van der Waals surface area contributed by atoms with Crippen LogP contribution < -0.4 is 0 Å². The van der Waals surface area contributed by atoms with Gasteiger partial charge in [0.1, 0.15) is 0 Å². The first kappa shape index (κ1) is 9.43. The Morgan fingerprint density at radius 1 is 1.50 bits per heavy atom. The molecule has 1 N–H and O–H groups in total. The molecule has 0 heterocycles. The van der Waals surface area contributed by atoms with Gasteiger partial charge in [0.05, 0.1) is 12.3 Å². The van der Waals surface area contributed by atoms with Crippen LogP contribution in [0.1, 0.15) is 20.8 Å². The molecule has 0 spiro atoms. The van der Waals surface area contributed by atoms with E-state index in [4.69, 9.17) is 9.94 Å². The van der Waals surface area contributed by atoms with E-state index in [2.05, 4.69) is 5.16 Å². The highest BCUT2D eigenvalue weighted by molar-refractivity contribution is 5.89. The van der Waals surface area contributed by atoms with Crippen molar-refractivity contribution < 1.29 is 9.94 Å². The SMILES string of the molecule is COC/C(=N\O)C(C)(C)C. The quantitative estimate of drug-likeness (QED) is 0.363. The van der Waals surface area contributed by atoms with E-state index in [0.29, 0.717) is 12.3 Å². The molecule has 0 rings (SSSR count). The zero-order valence-electron chi connectivity index (χ0n) is 7.01. The molecule has 0 aromatic carbocycles. The van der Waals surface area contributed by atoms with Crippen LogP contribution in [0.5, 0.6) is 0 Å². The maximum absolute atomic E-state index is 8.50. The molecule has 0 amide bonds. The van der Waals surface area contributed by atoms with Gasteiger partial charge in [-0.1, -0.05) is 25.9 Å². The Balaban J connectivity index is 4.10. The van der Waals surface area contributed by atoms with Gasteiger partial charge in [-0.3, -0.25) is 0 Å². The third-order valence-corrected chi connectivity index (χ3v) is 1.27. The van der Waals surface area contributed by atoms with Crippen LogP contribution in [-0.2, 0) is 4.74 Å². The van der Waals surface area contributed by atoms with Gasteiger partial charge in [-0.25, -0.2) is 0 Å². The van der Waals surface area contributed by atoms with Gasteiger partial charge < -0.3 is 9.94 Å². The smallest absolute Gasteiger partial charge is 0.0883 e. The first-order chi connectivity index (χ1) is 4.52. The summed E-state index contributed by atoms with van der Waals surface area (Å²) in [6.07, 6.45) is 0. The van der Waals surface area contributed by atoms with Crippen LogP contribution in [0.15, 0.2) is 5.16 Å². The number of rotatable bonds is 2. The molecule has 0 aromatic heterocycles. The first-order valence-electron chi connectivity index (χ1n) is 3.22. The van der Waals surface area contributed by atoms with Crippen molar-refractivity contribution in [2.75, 3.05) is 13.7 Å². The van der Waals surface area contributed by atoms with Gasteiger partial charge in [-0.05, 0) is 0 Å². The van der Waals surface area contributed by atoms with Crippen molar-refractivity contribution in [3.63, 3.8) is 0 Å². The van der Waals surface area contributed by atoms with Gasteiger partial charge in [0.2, 0.25) is 0 Å². The van der Waals surface area contributed by atoms with Crippen LogP contribution in [0.25, 0.3) is 0 Å². The predicted molar refractivity (Wildman–Crippen MR) is 40.6 cm³/mol. The number of oxime groups is 1. The first-order valence-corrected chi connectivity index (χ1v) is 3.22. The summed E-state index contributed by atoms with van der Waals surface area (Å²) in [4.78, 5) is 0. The fraction of sp³-hybridized carbons (Fsp3) is 0.857. The molecule has 60 valence electrons. The molecule has 0 saturated carbocycles. The van der Waals surface area contributed by atoms with Crippen LogP contribution in [0.4, 0.5) is 0 Å². The fourth-order valence-corrected chi connectivity index (χ4v) is 0.532. The number of nitrogens with zero attached hydrogens (tertiary/aromatic N) is 1. The van der Waals surface area contributed by atoms with Crippen molar-refractivity contribution in [1.82, 2.24) is 0 Å². The molecule has 10 heavy (non-hydrogen) atoms. The second-order valence-electron chi connectivity index (χ2n) is 3.23. The summed E-state index contributed by atoms with van der Waals surface area (Å²) in [7, 11) is 1.58. The van der Waals surface area contributed by atoms with E-state index in [0.717, 1.165) is 0 Å². The average molecular weight is 145 g/mol. The number of hydrogen-bond donors (Lipinski definition) is 1. The van der Waals surface area contributed by atoms with Crippen molar-refractivity contribution in [3.8, 4) is 0 Å². The van der Waals surface area contributed by atoms with E-state index < -0.39 is 0 Å². The minimum absolute atomic E-state index is 0.106. The lowest BCUT2D eigenvalue weighted by Crippen LogP contribution is -2.24. The largest absolute Gasteiger partial charge is 0.411 e. The molecule has 0 unspecified atom stereocenters. The topological polar surface area (TPSA) is 41.8 Å². The third-order valence-electron chi connectivity index (χ3n) is 1.27. The number of hydrogen-bond acceptors (Lipinski definition) is 3. The van der Waals surface area contributed by atoms with E-state index >= 15 is 0 Å². The highest BCUT2D eigenvalue weighted by atomic mass is 16.5. The van der Waals surface area contributed by atoms with Crippen molar-refractivity contribution >= 4 is 5.71 Å². The Morgan fingerprint density at radius 3 is 2.10 bits per heavy atom. The zero-order valence-corrected chi connectivity index (χ0v) is 7.01. The van der Waals surface area contributed by atoms with Gasteiger partial charge in [0.15, 0.2) is 0 Å². The number of methoxy groups -OCH3 is 1. The predicted octanol–water partition coefficient (Wildman–Crippen LogP) is 1.51. The Hall–Kier alpha value is -0.570. The van der Waals surface area contributed by atoms with Crippen molar-refractivity contribution in [3.05, 3.63) is 0 Å². The van der Waals surface area contributed by atoms with Gasteiger partial charge >= 0.3 is 0 Å². The van der Waals surface area contributed by atoms with Crippen LogP contribution in [0.2, 0.25) is 0 Å². The lowest BCUT2D eigenvalue weighted by Gasteiger charge is -2.18. The normalized spacial score (nSPS) is 13.8. The van der Waals surface area contributed by atoms with Crippen LogP contribution >= 0.6 is 0 Å². The zero-order chi connectivity index (χ0) is 8.20. The van der Waals surface area contributed by atoms with Gasteiger partial charge in [-0.15, -0.1) is 0 Å². The van der Waals surface area contributed by atoms with Crippen LogP contribution in [0, 0.1) is 5.41 Å². The van der Waals surface area contributed by atoms with Gasteiger partial charge in [-0.2, -0.15) is 0 Å². The molecular weight excluding hydrogens is 130 g/mol. The van der Waals surface area contributed by atoms with Crippen molar-refractivity contribution in [2.24, 2.45) is 10.6 Å². The molecule has 0 bridgehead atoms. The maximum Gasteiger partial charge on any atom is 0.0883 e. The third kappa shape index (κ3) is 2.82. The van der Waals surface area contributed by atoms with Gasteiger partial charge in [0, 0.05) is 12.5 Å². The van der Waals surface area contributed by atoms with Crippen LogP contribution in [-0.4, -0.2) is 24.6 Å². The van der Waals surface area contributed by atoms with E-state index in [1.54, 1.807) is 7.11 Å². The summed E-state index contributed by atoms with van der Waals surface area (Å²) >= 11 is 0. The van der Waals surface area contributed by atoms with E-state index in [-0.39, 0.29) is 5.41 Å². The summed E-state index contributed by atoms with van der Waals surface area (Å²) in [5, 5.41) is 11.6. The van der Waals surface area contributed by atoms with Crippen molar-refractivity contribution in [1.29, 1.82) is 0 Å². The van der Waals surface area contributed by atoms with Gasteiger partial charge in [0.25, 0.3) is 0 Å². The van der Waals surface area contributed by atoms with Crippen molar-refractivity contribution in [2.45, 2.75) is 20.8 Å². The molecule has 0 radical (unpaired) electrons. The molecule has 0 aliphatic heterocycles. The van der Waals surface area contributed by atoms with Crippen LogP contribution in [0.3, 0.4) is 0 Å². The molecule has 0 aliphatic rings. The van der Waals surface area contributed by atoms with E-state index in [1.165, 1.54) is 0 Å². The summed E-state index contributed by atoms with van der Waals surface area (Å²) in [6.45, 7) is 6.31. The Kier molecular flexibility index (Phi) is 3.36. The fourth-order valence-electron chi connectivity index (χ4n) is 0.532. The molecule has 0 aromatic rings. The summed E-state index contributed by atoms with van der Waals surface area (Å²) in [5.41, 5.74) is 0.556. The Morgan fingerprint density at radius 2 is 2.00 bits per heavy atom. The summed E-state index contributed by atoms with van der Waals surface area (Å²) < 4.78 is 4.83. The minimum atomic E-state index is -0.106. The van der Waals surface area contributed by atoms with E-state index in [1.807, 2.05) is 20.8 Å². The summed E-state index contributed by atoms with van der Waals surface area (Å²) in [6, 6.07) is 0. The summed E-state index contributed by atoms with van der Waals surface area (Å²) in [5.74, 6) is 0. The second-order valence-corrected chi connectivity index (χ2v) is 3.23. The molecule has 3 heteroatoms. The standard InChI is InChI=1S/C7H15NO2/c1-7(2,3)6(8-9)5-10-4/h9H,5H2,1-4H3/b8-6+. The van der Waals surface area contributed by atoms with E-state index in [9.17, 15) is 0 Å². The molecule has 0 aliphatic carbocycles. The molecule has 0 saturated heterocycles. The number of ether oxygens (including phenoxy) is 1. The Labute approximate surface area is 61.7 Å². The molecule has 3 nitrogen and oxygen atoms in total. The Bertz CT molecular complexity index is 124. The highest BCUT2D eigenvalue weighted by Gasteiger charge is 2.18. The molecule has 0 fully saturated rings. The lowest BCUT2D eigenvalue weighted by molar-refractivity contribution is 0.227.